The fraction of sp³-hybridized carbons (Fsp3) is 0.222. The second kappa shape index (κ2) is 11.4. The Bertz CT molecular complexity index is 1300. The largest absolute Gasteiger partial charge is 0.383 e. The van der Waals surface area contributed by atoms with Gasteiger partial charge in [0.15, 0.2) is 0 Å². The van der Waals surface area contributed by atoms with Gasteiger partial charge in [-0.25, -0.2) is 13.8 Å². The zero-order chi connectivity index (χ0) is 25.7. The molecular weight excluding hydrogens is 488 g/mol. The van der Waals surface area contributed by atoms with Gasteiger partial charge < -0.3 is 9.64 Å². The van der Waals surface area contributed by atoms with E-state index in [1.807, 2.05) is 0 Å². The summed E-state index contributed by atoms with van der Waals surface area (Å²) in [6.07, 6.45) is 0.242. The first-order valence-corrected chi connectivity index (χ1v) is 11.7. The van der Waals surface area contributed by atoms with Gasteiger partial charge in [0.2, 0.25) is 0 Å². The molecule has 0 aromatic heterocycles. The molecule has 6 nitrogen and oxygen atoms in total. The number of hydrogen-bond acceptors (Lipinski definition) is 4. The van der Waals surface area contributed by atoms with Crippen molar-refractivity contribution in [3.05, 3.63) is 106 Å². The third-order valence-corrected chi connectivity index (χ3v) is 6.19. The third kappa shape index (κ3) is 5.61. The van der Waals surface area contributed by atoms with Crippen LogP contribution in [0.1, 0.15) is 33.9 Å². The van der Waals surface area contributed by atoms with Crippen LogP contribution in [-0.2, 0) is 9.53 Å². The number of hydrogen-bond donors (Lipinski definition) is 0. The van der Waals surface area contributed by atoms with Crippen LogP contribution < -0.4 is 0 Å². The molecule has 0 N–H and O–H groups in total. The van der Waals surface area contributed by atoms with Crippen molar-refractivity contribution in [2.24, 2.45) is 5.10 Å². The maximum Gasteiger partial charge on any atom is 0.262 e. The Hall–Kier alpha value is -3.62. The molecule has 3 aromatic carbocycles. The van der Waals surface area contributed by atoms with Crippen LogP contribution >= 0.6 is 11.6 Å². The average Bonchev–Trinajstić information content (AvgIpc) is 3.31. The Morgan fingerprint density at radius 1 is 1.08 bits per heavy atom. The summed E-state index contributed by atoms with van der Waals surface area (Å²) in [4.78, 5) is 27.9. The number of methoxy groups -OCH3 is 1. The predicted octanol–water partition coefficient (Wildman–Crippen LogP) is 5.08. The van der Waals surface area contributed by atoms with Gasteiger partial charge in [-0.05, 0) is 30.3 Å². The number of carbonyl (C=O) groups is 2. The first-order chi connectivity index (χ1) is 17.4. The van der Waals surface area contributed by atoms with E-state index in [-0.39, 0.29) is 31.7 Å². The summed E-state index contributed by atoms with van der Waals surface area (Å²) in [5.74, 6) is -2.09. The molecule has 1 aliphatic heterocycles. The molecular formula is C27H24ClF2N3O3. The lowest BCUT2D eigenvalue weighted by Gasteiger charge is -2.27. The lowest BCUT2D eigenvalue weighted by Crippen LogP contribution is -2.42. The molecule has 36 heavy (non-hydrogen) atoms. The molecule has 0 saturated heterocycles. The lowest BCUT2D eigenvalue weighted by atomic mass is 9.98. The van der Waals surface area contributed by atoms with Gasteiger partial charge in [-0.15, -0.1) is 0 Å². The van der Waals surface area contributed by atoms with Gasteiger partial charge >= 0.3 is 0 Å². The minimum absolute atomic E-state index is 0.0941. The Labute approximate surface area is 212 Å². The summed E-state index contributed by atoms with van der Waals surface area (Å²) >= 11 is 6.36. The van der Waals surface area contributed by atoms with Crippen molar-refractivity contribution >= 4 is 29.1 Å². The van der Waals surface area contributed by atoms with Crippen molar-refractivity contribution in [2.45, 2.75) is 12.5 Å². The van der Waals surface area contributed by atoms with Gasteiger partial charge in [-0.2, -0.15) is 5.10 Å². The number of nitrogens with zero attached hydrogens (tertiary/aromatic N) is 3. The summed E-state index contributed by atoms with van der Waals surface area (Å²) in [5, 5.41) is 6.18. The zero-order valence-corrected chi connectivity index (χ0v) is 20.3. The van der Waals surface area contributed by atoms with Crippen LogP contribution in [-0.4, -0.2) is 54.2 Å². The summed E-state index contributed by atoms with van der Waals surface area (Å²) in [5.41, 5.74) is 1.58. The van der Waals surface area contributed by atoms with Gasteiger partial charge in [0.05, 0.1) is 18.4 Å². The molecule has 0 bridgehead atoms. The van der Waals surface area contributed by atoms with E-state index in [9.17, 15) is 18.4 Å². The van der Waals surface area contributed by atoms with Crippen LogP contribution in [0.2, 0.25) is 5.02 Å². The average molecular weight is 512 g/mol. The topological polar surface area (TPSA) is 62.2 Å². The van der Waals surface area contributed by atoms with Crippen LogP contribution in [0.15, 0.2) is 77.9 Å². The van der Waals surface area contributed by atoms with E-state index in [0.29, 0.717) is 21.9 Å². The highest BCUT2D eigenvalue weighted by Gasteiger charge is 2.36. The highest BCUT2D eigenvalue weighted by Crippen LogP contribution is 2.35. The SMILES string of the molecule is COCCN(CC(=O)N1N=C(c2ccccc2Cl)CC1c1ccccc1F)C(=O)c1cccc(F)c1. The highest BCUT2D eigenvalue weighted by atomic mass is 35.5. The fourth-order valence-corrected chi connectivity index (χ4v) is 4.32. The van der Waals surface area contributed by atoms with Crippen molar-refractivity contribution in [3.8, 4) is 0 Å². The Kier molecular flexibility index (Phi) is 8.07. The van der Waals surface area contributed by atoms with Crippen LogP contribution in [0, 0.1) is 11.6 Å². The molecule has 1 aliphatic rings. The van der Waals surface area contributed by atoms with Crippen molar-refractivity contribution in [2.75, 3.05) is 26.8 Å². The molecule has 3 aromatic rings. The Morgan fingerprint density at radius 2 is 1.83 bits per heavy atom. The minimum atomic E-state index is -0.724. The summed E-state index contributed by atoms with van der Waals surface area (Å²) < 4.78 is 33.6. The standard InChI is InChI=1S/C27H24ClF2N3O3/c1-36-14-13-32(27(35)18-7-6-8-19(29)15-18)17-26(34)33-25(21-10-3-5-12-23(21)30)16-24(31-33)20-9-2-4-11-22(20)28/h2-12,15,25H,13-14,16-17H2,1H3. The van der Waals surface area contributed by atoms with Gasteiger partial charge in [-0.3, -0.25) is 9.59 Å². The third-order valence-electron chi connectivity index (χ3n) is 5.87. The fourth-order valence-electron chi connectivity index (χ4n) is 4.08. The number of ether oxygens (including phenoxy) is 1. The van der Waals surface area contributed by atoms with E-state index in [1.54, 1.807) is 42.5 Å². The van der Waals surface area contributed by atoms with Gasteiger partial charge in [0.25, 0.3) is 11.8 Å². The second-order valence-electron chi connectivity index (χ2n) is 8.24. The molecule has 0 aliphatic carbocycles. The predicted molar refractivity (Wildman–Crippen MR) is 133 cm³/mol. The van der Waals surface area contributed by atoms with Crippen LogP contribution in [0.3, 0.4) is 0 Å². The zero-order valence-electron chi connectivity index (χ0n) is 19.5. The summed E-state index contributed by atoms with van der Waals surface area (Å²) in [7, 11) is 1.47. The molecule has 1 unspecified atom stereocenters. The second-order valence-corrected chi connectivity index (χ2v) is 8.64. The number of amides is 2. The van der Waals surface area contributed by atoms with Crippen LogP contribution in [0.25, 0.3) is 0 Å². The number of halogens is 3. The monoisotopic (exact) mass is 511 g/mol. The molecule has 186 valence electrons. The molecule has 4 rings (SSSR count). The van der Waals surface area contributed by atoms with Crippen LogP contribution in [0.4, 0.5) is 8.78 Å². The molecule has 0 radical (unpaired) electrons. The number of hydrazone groups is 1. The van der Waals surface area contributed by atoms with Gasteiger partial charge in [-0.1, -0.05) is 54.1 Å². The van der Waals surface area contributed by atoms with Gasteiger partial charge in [0.1, 0.15) is 18.2 Å². The summed E-state index contributed by atoms with van der Waals surface area (Å²) in [6.45, 7) is -0.0982. The van der Waals surface area contributed by atoms with E-state index < -0.39 is 29.5 Å². The molecule has 0 fully saturated rings. The highest BCUT2D eigenvalue weighted by molar-refractivity contribution is 6.34. The van der Waals surface area contributed by atoms with Crippen molar-refractivity contribution in [3.63, 3.8) is 0 Å². The Morgan fingerprint density at radius 3 is 2.56 bits per heavy atom. The molecule has 2 amide bonds. The van der Waals surface area contributed by atoms with E-state index in [1.165, 1.54) is 41.3 Å². The minimum Gasteiger partial charge on any atom is -0.383 e. The lowest BCUT2D eigenvalue weighted by molar-refractivity contribution is -0.133. The van der Waals surface area contributed by atoms with E-state index in [2.05, 4.69) is 5.10 Å². The number of carbonyl (C=O) groups excluding carboxylic acids is 2. The smallest absolute Gasteiger partial charge is 0.262 e. The maximum atomic E-state index is 14.8. The van der Waals surface area contributed by atoms with Gasteiger partial charge in [0, 0.05) is 41.8 Å². The molecule has 1 atom stereocenters. The van der Waals surface area contributed by atoms with Crippen molar-refractivity contribution in [1.82, 2.24) is 9.91 Å². The summed E-state index contributed by atoms with van der Waals surface area (Å²) in [6, 6.07) is 17.8. The Balaban J connectivity index is 1.66. The van der Waals surface area contributed by atoms with E-state index in [4.69, 9.17) is 16.3 Å². The quantitative estimate of drug-likeness (QED) is 0.423. The van der Waals surface area contributed by atoms with Crippen molar-refractivity contribution in [1.29, 1.82) is 0 Å². The first-order valence-electron chi connectivity index (χ1n) is 11.3. The molecule has 9 heteroatoms. The number of rotatable bonds is 8. The maximum absolute atomic E-state index is 14.8. The molecule has 0 saturated carbocycles. The van der Waals surface area contributed by atoms with Crippen LogP contribution in [0.5, 0.6) is 0 Å². The first kappa shape index (κ1) is 25.5. The molecule has 0 spiro atoms. The molecule has 1 heterocycles. The normalized spacial score (nSPS) is 15.1. The van der Waals surface area contributed by atoms with Crippen molar-refractivity contribution < 1.29 is 23.1 Å². The number of benzene rings is 3. The van der Waals surface area contributed by atoms with E-state index in [0.717, 1.165) is 6.07 Å². The van der Waals surface area contributed by atoms with E-state index >= 15 is 0 Å².